The first-order valence-electron chi connectivity index (χ1n) is 8.21. The predicted octanol–water partition coefficient (Wildman–Crippen LogP) is 4.09. The molecule has 5 N–H and O–H groups in total. The third kappa shape index (κ3) is 5.05. The van der Waals surface area contributed by atoms with Crippen molar-refractivity contribution in [2.24, 2.45) is 16.5 Å². The summed E-state index contributed by atoms with van der Waals surface area (Å²) in [7, 11) is 0. The Morgan fingerprint density at radius 2 is 2.07 bits per heavy atom. The third-order valence-electron chi connectivity index (χ3n) is 3.58. The van der Waals surface area contributed by atoms with E-state index in [1.54, 1.807) is 0 Å². The Morgan fingerprint density at radius 1 is 1.30 bits per heavy atom. The van der Waals surface area contributed by atoms with E-state index in [1.807, 2.05) is 48.7 Å². The molecule has 0 atom stereocenters. The topological polar surface area (TPSA) is 116 Å². The Balaban J connectivity index is 1.69. The number of ether oxygens (including phenoxy) is 1. The van der Waals surface area contributed by atoms with Crippen LogP contribution in [0, 0.1) is 0 Å². The molecule has 0 saturated carbocycles. The van der Waals surface area contributed by atoms with Crippen molar-refractivity contribution in [1.82, 2.24) is 4.98 Å². The summed E-state index contributed by atoms with van der Waals surface area (Å²) in [6, 6.07) is 11.5. The van der Waals surface area contributed by atoms with E-state index in [9.17, 15) is 4.79 Å². The van der Waals surface area contributed by atoms with Gasteiger partial charge in [-0.25, -0.2) is 9.78 Å². The summed E-state index contributed by atoms with van der Waals surface area (Å²) in [5, 5.41) is 5.88. The van der Waals surface area contributed by atoms with Crippen molar-refractivity contribution in [1.29, 1.82) is 0 Å². The molecule has 0 saturated heterocycles. The van der Waals surface area contributed by atoms with Crippen LogP contribution in [-0.2, 0) is 17.8 Å². The SMILES string of the molecule is CCc1cc(NC(=O)OCc2ccccc2)sc1-c1csc(N=C(N)N)n1. The van der Waals surface area contributed by atoms with Crippen molar-refractivity contribution in [3.05, 3.63) is 52.9 Å². The molecular formula is C18H19N5O2S2. The Morgan fingerprint density at radius 3 is 2.78 bits per heavy atom. The van der Waals surface area contributed by atoms with Crippen LogP contribution in [0.2, 0.25) is 0 Å². The highest BCUT2D eigenvalue weighted by atomic mass is 32.1. The van der Waals surface area contributed by atoms with Crippen LogP contribution in [0.1, 0.15) is 18.1 Å². The number of aryl methyl sites for hydroxylation is 1. The average molecular weight is 402 g/mol. The second-order valence-electron chi connectivity index (χ2n) is 5.56. The summed E-state index contributed by atoms with van der Waals surface area (Å²) in [6.45, 7) is 2.27. The molecule has 0 aliphatic heterocycles. The number of anilines is 1. The van der Waals surface area contributed by atoms with Crippen molar-refractivity contribution in [3.8, 4) is 10.6 Å². The quantitative estimate of drug-likeness (QED) is 0.425. The van der Waals surface area contributed by atoms with Gasteiger partial charge in [-0.1, -0.05) is 37.3 Å². The van der Waals surface area contributed by atoms with E-state index in [2.05, 4.69) is 15.3 Å². The highest BCUT2D eigenvalue weighted by Crippen LogP contribution is 2.38. The Kier molecular flexibility index (Phi) is 6.05. The molecule has 0 unspecified atom stereocenters. The van der Waals surface area contributed by atoms with Gasteiger partial charge in [0.05, 0.1) is 15.6 Å². The van der Waals surface area contributed by atoms with Gasteiger partial charge in [0.25, 0.3) is 0 Å². The van der Waals surface area contributed by atoms with Gasteiger partial charge in [0.2, 0.25) is 5.13 Å². The van der Waals surface area contributed by atoms with Gasteiger partial charge in [-0.05, 0) is 23.6 Å². The molecule has 0 spiro atoms. The molecule has 3 rings (SSSR count). The number of aliphatic imine (C=N–C) groups is 1. The van der Waals surface area contributed by atoms with Crippen molar-refractivity contribution in [2.45, 2.75) is 20.0 Å². The zero-order chi connectivity index (χ0) is 19.2. The van der Waals surface area contributed by atoms with Crippen LogP contribution in [0.4, 0.5) is 14.9 Å². The number of aromatic nitrogens is 1. The zero-order valence-corrected chi connectivity index (χ0v) is 16.3. The van der Waals surface area contributed by atoms with Crippen molar-refractivity contribution >= 4 is 44.9 Å². The molecule has 1 amide bonds. The van der Waals surface area contributed by atoms with E-state index >= 15 is 0 Å². The van der Waals surface area contributed by atoms with Crippen LogP contribution in [0.15, 0.2) is 46.8 Å². The van der Waals surface area contributed by atoms with Crippen LogP contribution >= 0.6 is 22.7 Å². The minimum atomic E-state index is -0.492. The molecule has 0 radical (unpaired) electrons. The maximum Gasteiger partial charge on any atom is 0.412 e. The monoisotopic (exact) mass is 401 g/mol. The highest BCUT2D eigenvalue weighted by Gasteiger charge is 2.15. The molecule has 0 aliphatic rings. The van der Waals surface area contributed by atoms with E-state index in [0.717, 1.165) is 28.1 Å². The minimum absolute atomic E-state index is 0.0266. The molecule has 0 fully saturated rings. The third-order valence-corrected chi connectivity index (χ3v) is 5.43. The first-order chi connectivity index (χ1) is 13.0. The van der Waals surface area contributed by atoms with Gasteiger partial charge < -0.3 is 16.2 Å². The number of thiazole rings is 1. The Hall–Kier alpha value is -2.91. The highest BCUT2D eigenvalue weighted by molar-refractivity contribution is 7.20. The molecule has 0 bridgehead atoms. The molecule has 140 valence electrons. The maximum absolute atomic E-state index is 12.1. The number of hydrogen-bond acceptors (Lipinski definition) is 6. The van der Waals surface area contributed by atoms with E-state index in [4.69, 9.17) is 16.2 Å². The molecule has 9 heteroatoms. The van der Waals surface area contributed by atoms with Crippen LogP contribution < -0.4 is 16.8 Å². The lowest BCUT2D eigenvalue weighted by Crippen LogP contribution is -2.21. The minimum Gasteiger partial charge on any atom is -0.444 e. The fourth-order valence-corrected chi connectivity index (χ4v) is 4.23. The lowest BCUT2D eigenvalue weighted by molar-refractivity contribution is 0.155. The molecule has 0 aliphatic carbocycles. The van der Waals surface area contributed by atoms with Crippen LogP contribution in [0.25, 0.3) is 10.6 Å². The summed E-state index contributed by atoms with van der Waals surface area (Å²) in [6.07, 6.45) is 0.315. The number of amides is 1. The number of nitrogens with two attached hydrogens (primary N) is 2. The van der Waals surface area contributed by atoms with Gasteiger partial charge in [0.15, 0.2) is 5.96 Å². The first-order valence-corrected chi connectivity index (χ1v) is 9.90. The van der Waals surface area contributed by atoms with Gasteiger partial charge in [0.1, 0.15) is 6.61 Å². The second-order valence-corrected chi connectivity index (χ2v) is 7.45. The predicted molar refractivity (Wildman–Crippen MR) is 111 cm³/mol. The fourth-order valence-electron chi connectivity index (χ4n) is 2.36. The first kappa shape index (κ1) is 18.9. The molecule has 1 aromatic carbocycles. The number of nitrogens with zero attached hydrogens (tertiary/aromatic N) is 2. The van der Waals surface area contributed by atoms with Crippen LogP contribution in [0.3, 0.4) is 0 Å². The van der Waals surface area contributed by atoms with E-state index in [1.165, 1.54) is 22.7 Å². The summed E-state index contributed by atoms with van der Waals surface area (Å²) in [5.41, 5.74) is 13.6. The second kappa shape index (κ2) is 8.65. The van der Waals surface area contributed by atoms with E-state index < -0.39 is 6.09 Å². The summed E-state index contributed by atoms with van der Waals surface area (Å²) >= 11 is 2.80. The molecule has 3 aromatic rings. The maximum atomic E-state index is 12.1. The van der Waals surface area contributed by atoms with Gasteiger partial charge >= 0.3 is 6.09 Å². The van der Waals surface area contributed by atoms with Gasteiger partial charge in [-0.15, -0.1) is 22.7 Å². The number of benzene rings is 1. The van der Waals surface area contributed by atoms with Crippen molar-refractivity contribution < 1.29 is 9.53 Å². The van der Waals surface area contributed by atoms with Gasteiger partial charge in [-0.2, -0.15) is 4.99 Å². The number of carbonyl (C=O) groups is 1. The van der Waals surface area contributed by atoms with Crippen molar-refractivity contribution in [2.75, 3.05) is 5.32 Å². The van der Waals surface area contributed by atoms with E-state index in [-0.39, 0.29) is 12.6 Å². The summed E-state index contributed by atoms with van der Waals surface area (Å²) in [4.78, 5) is 21.4. The Labute approximate surface area is 164 Å². The average Bonchev–Trinajstić information content (AvgIpc) is 3.27. The largest absolute Gasteiger partial charge is 0.444 e. The van der Waals surface area contributed by atoms with Gasteiger partial charge in [0, 0.05) is 5.38 Å². The van der Waals surface area contributed by atoms with Crippen molar-refractivity contribution in [3.63, 3.8) is 0 Å². The summed E-state index contributed by atoms with van der Waals surface area (Å²) in [5.74, 6) is -0.0266. The lowest BCUT2D eigenvalue weighted by atomic mass is 10.2. The molecule has 7 nitrogen and oxygen atoms in total. The van der Waals surface area contributed by atoms with Crippen LogP contribution in [-0.4, -0.2) is 17.0 Å². The molecule has 2 heterocycles. The summed E-state index contributed by atoms with van der Waals surface area (Å²) < 4.78 is 5.27. The zero-order valence-electron chi connectivity index (χ0n) is 14.6. The van der Waals surface area contributed by atoms with E-state index in [0.29, 0.717) is 10.1 Å². The van der Waals surface area contributed by atoms with Gasteiger partial charge in [-0.3, -0.25) is 5.32 Å². The number of guanidine groups is 1. The molecular weight excluding hydrogens is 382 g/mol. The smallest absolute Gasteiger partial charge is 0.412 e. The number of carbonyl (C=O) groups excluding carboxylic acids is 1. The Bertz CT molecular complexity index is 946. The number of thiophene rings is 1. The lowest BCUT2D eigenvalue weighted by Gasteiger charge is -2.05. The standard InChI is InChI=1S/C18H19N5O2S2/c1-2-12-8-14(22-18(24)25-9-11-6-4-3-5-7-11)27-15(12)13-10-26-17(21-13)23-16(19)20/h3-8,10H,2,9H2,1H3,(H,22,24)(H4,19,20,21,23). The molecule has 2 aromatic heterocycles. The number of nitrogens with one attached hydrogen (secondary N) is 1. The normalized spacial score (nSPS) is 10.4. The number of rotatable bonds is 6. The van der Waals surface area contributed by atoms with Crippen LogP contribution in [0.5, 0.6) is 0 Å². The fraction of sp³-hybridized carbons (Fsp3) is 0.167. The molecule has 27 heavy (non-hydrogen) atoms. The number of hydrogen-bond donors (Lipinski definition) is 3.